The number of hydrogen-bond donors (Lipinski definition) is 0. The van der Waals surface area contributed by atoms with Crippen LogP contribution in [0.4, 0.5) is 0 Å². The lowest BCUT2D eigenvalue weighted by molar-refractivity contribution is 0.0649. The zero-order valence-corrected chi connectivity index (χ0v) is 15.5. The first-order chi connectivity index (χ1) is 13.8. The Bertz CT molecular complexity index is 962. The van der Waals surface area contributed by atoms with Crippen LogP contribution in [0.5, 0.6) is 5.75 Å². The van der Waals surface area contributed by atoms with Gasteiger partial charge >= 0.3 is 0 Å². The molecule has 2 amide bonds. The van der Waals surface area contributed by atoms with Crippen molar-refractivity contribution in [3.8, 4) is 16.9 Å². The second-order valence-corrected chi connectivity index (χ2v) is 6.73. The number of nitrogens with zero attached hydrogens (tertiary/aromatic N) is 1. The average molecular weight is 371 g/mol. The molecule has 0 atom stereocenters. The lowest BCUT2D eigenvalue weighted by atomic mass is 10.1. The highest BCUT2D eigenvalue weighted by molar-refractivity contribution is 6.21. The first-order valence-electron chi connectivity index (χ1n) is 9.48. The van der Waals surface area contributed by atoms with E-state index in [2.05, 4.69) is 12.1 Å². The zero-order chi connectivity index (χ0) is 19.3. The third kappa shape index (κ3) is 3.54. The summed E-state index contributed by atoms with van der Waals surface area (Å²) in [6.45, 7) is 0.947. The van der Waals surface area contributed by atoms with Gasteiger partial charge in [-0.25, -0.2) is 0 Å². The second-order valence-electron chi connectivity index (χ2n) is 6.73. The fraction of sp³-hybridized carbons (Fsp3) is 0.167. The van der Waals surface area contributed by atoms with E-state index in [-0.39, 0.29) is 11.8 Å². The fourth-order valence-corrected chi connectivity index (χ4v) is 3.45. The van der Waals surface area contributed by atoms with Gasteiger partial charge < -0.3 is 4.74 Å². The molecule has 1 aliphatic heterocycles. The molecule has 0 saturated carbocycles. The standard InChI is InChI=1S/C24H21NO3/c26-23-20-13-4-5-14-21(20)24(27)25(23)16-8-9-17-28-22-15-7-6-12-19(22)18-10-2-1-3-11-18/h1-7,10-15H,8-9,16-17H2. The molecular weight excluding hydrogens is 350 g/mol. The van der Waals surface area contributed by atoms with Crippen molar-refractivity contribution in [2.75, 3.05) is 13.2 Å². The molecule has 0 unspecified atom stereocenters. The molecule has 0 radical (unpaired) electrons. The number of hydrogen-bond acceptors (Lipinski definition) is 3. The summed E-state index contributed by atoms with van der Waals surface area (Å²) in [4.78, 5) is 26.1. The van der Waals surface area contributed by atoms with Gasteiger partial charge in [0.2, 0.25) is 0 Å². The van der Waals surface area contributed by atoms with E-state index in [0.29, 0.717) is 30.7 Å². The Balaban J connectivity index is 1.31. The Morgan fingerprint density at radius 3 is 1.89 bits per heavy atom. The number of rotatable bonds is 7. The van der Waals surface area contributed by atoms with Gasteiger partial charge in [0.1, 0.15) is 5.75 Å². The maximum atomic E-state index is 12.4. The molecule has 3 aromatic rings. The Morgan fingerprint density at radius 2 is 1.21 bits per heavy atom. The van der Waals surface area contributed by atoms with E-state index in [4.69, 9.17) is 4.74 Å². The van der Waals surface area contributed by atoms with Crippen LogP contribution in [-0.2, 0) is 0 Å². The van der Waals surface area contributed by atoms with Crippen molar-refractivity contribution in [1.29, 1.82) is 0 Å². The number of amides is 2. The van der Waals surface area contributed by atoms with Crippen LogP contribution in [0.15, 0.2) is 78.9 Å². The Kier molecular flexibility index (Phi) is 5.20. The molecule has 1 heterocycles. The molecule has 0 aliphatic carbocycles. The van der Waals surface area contributed by atoms with Gasteiger partial charge in [0.25, 0.3) is 11.8 Å². The van der Waals surface area contributed by atoms with E-state index in [1.165, 1.54) is 4.90 Å². The molecule has 4 nitrogen and oxygen atoms in total. The van der Waals surface area contributed by atoms with Crippen molar-refractivity contribution in [3.63, 3.8) is 0 Å². The summed E-state index contributed by atoms with van der Waals surface area (Å²) in [6, 6.07) is 25.1. The quantitative estimate of drug-likeness (QED) is 0.442. The molecule has 4 rings (SSSR count). The molecule has 0 fully saturated rings. The molecule has 28 heavy (non-hydrogen) atoms. The van der Waals surface area contributed by atoms with Gasteiger partial charge in [0, 0.05) is 12.1 Å². The van der Waals surface area contributed by atoms with Crippen molar-refractivity contribution < 1.29 is 14.3 Å². The number of benzene rings is 3. The van der Waals surface area contributed by atoms with E-state index in [1.54, 1.807) is 24.3 Å². The normalized spacial score (nSPS) is 12.9. The van der Waals surface area contributed by atoms with Crippen LogP contribution in [0, 0.1) is 0 Å². The van der Waals surface area contributed by atoms with E-state index in [1.807, 2.05) is 42.5 Å². The molecule has 3 aromatic carbocycles. The summed E-state index contributed by atoms with van der Waals surface area (Å²) in [5.74, 6) is 0.446. The SMILES string of the molecule is O=C1c2ccccc2C(=O)N1CCCCOc1ccccc1-c1ccccc1. The molecule has 4 heteroatoms. The van der Waals surface area contributed by atoms with Crippen molar-refractivity contribution >= 4 is 11.8 Å². The molecule has 0 bridgehead atoms. The molecule has 0 N–H and O–H groups in total. The summed E-state index contributed by atoms with van der Waals surface area (Å²) in [5, 5.41) is 0. The number of para-hydroxylation sites is 1. The summed E-state index contributed by atoms with van der Waals surface area (Å²) in [7, 11) is 0. The highest BCUT2D eigenvalue weighted by Gasteiger charge is 2.34. The third-order valence-electron chi connectivity index (χ3n) is 4.88. The lowest BCUT2D eigenvalue weighted by Crippen LogP contribution is -2.30. The monoisotopic (exact) mass is 371 g/mol. The van der Waals surface area contributed by atoms with Crippen LogP contribution in [-0.4, -0.2) is 29.9 Å². The molecular formula is C24H21NO3. The average Bonchev–Trinajstić information content (AvgIpc) is 2.99. The molecule has 1 aliphatic rings. The second kappa shape index (κ2) is 8.09. The van der Waals surface area contributed by atoms with Gasteiger partial charge in [-0.1, -0.05) is 60.7 Å². The van der Waals surface area contributed by atoms with Gasteiger partial charge in [-0.2, -0.15) is 0 Å². The van der Waals surface area contributed by atoms with Crippen LogP contribution in [0.25, 0.3) is 11.1 Å². The number of imide groups is 1. The van der Waals surface area contributed by atoms with Gasteiger partial charge in [0.05, 0.1) is 17.7 Å². The predicted molar refractivity (Wildman–Crippen MR) is 108 cm³/mol. The first-order valence-corrected chi connectivity index (χ1v) is 9.48. The van der Waals surface area contributed by atoms with Crippen molar-refractivity contribution in [1.82, 2.24) is 4.90 Å². The fourth-order valence-electron chi connectivity index (χ4n) is 3.45. The summed E-state index contributed by atoms with van der Waals surface area (Å²) in [6.07, 6.45) is 1.47. The number of carbonyl (C=O) groups is 2. The summed E-state index contributed by atoms with van der Waals surface area (Å²) >= 11 is 0. The van der Waals surface area contributed by atoms with Crippen molar-refractivity contribution in [2.45, 2.75) is 12.8 Å². The van der Waals surface area contributed by atoms with Gasteiger partial charge in [-0.3, -0.25) is 14.5 Å². The van der Waals surface area contributed by atoms with Crippen LogP contribution >= 0.6 is 0 Å². The van der Waals surface area contributed by atoms with Crippen molar-refractivity contribution in [3.05, 3.63) is 90.0 Å². The number of unbranched alkanes of at least 4 members (excludes halogenated alkanes) is 1. The Morgan fingerprint density at radius 1 is 0.643 bits per heavy atom. The molecule has 0 saturated heterocycles. The van der Waals surface area contributed by atoms with Crippen molar-refractivity contribution in [2.24, 2.45) is 0 Å². The highest BCUT2D eigenvalue weighted by atomic mass is 16.5. The van der Waals surface area contributed by atoms with Crippen LogP contribution in [0.2, 0.25) is 0 Å². The first kappa shape index (κ1) is 18.0. The van der Waals surface area contributed by atoms with Crippen LogP contribution in [0.3, 0.4) is 0 Å². The largest absolute Gasteiger partial charge is 0.493 e. The number of ether oxygens (including phenoxy) is 1. The summed E-state index contributed by atoms with van der Waals surface area (Å²) in [5.41, 5.74) is 3.17. The third-order valence-corrected chi connectivity index (χ3v) is 4.88. The minimum atomic E-state index is -0.198. The summed E-state index contributed by atoms with van der Waals surface area (Å²) < 4.78 is 5.98. The van der Waals surface area contributed by atoms with Gasteiger partial charge in [-0.05, 0) is 36.6 Å². The van der Waals surface area contributed by atoms with E-state index >= 15 is 0 Å². The minimum absolute atomic E-state index is 0.198. The lowest BCUT2D eigenvalue weighted by Gasteiger charge is -2.14. The predicted octanol–water partition coefficient (Wildman–Crippen LogP) is 4.81. The minimum Gasteiger partial charge on any atom is -0.493 e. The zero-order valence-electron chi connectivity index (χ0n) is 15.5. The Hall–Kier alpha value is -3.40. The van der Waals surface area contributed by atoms with Crippen LogP contribution < -0.4 is 4.74 Å². The number of fused-ring (bicyclic) bond motifs is 1. The smallest absolute Gasteiger partial charge is 0.261 e. The topological polar surface area (TPSA) is 46.6 Å². The molecule has 0 aromatic heterocycles. The molecule has 140 valence electrons. The van der Waals surface area contributed by atoms with Gasteiger partial charge in [0.15, 0.2) is 0 Å². The van der Waals surface area contributed by atoms with Gasteiger partial charge in [-0.15, -0.1) is 0 Å². The number of carbonyl (C=O) groups excluding carboxylic acids is 2. The van der Waals surface area contributed by atoms with E-state index in [9.17, 15) is 9.59 Å². The van der Waals surface area contributed by atoms with Crippen LogP contribution in [0.1, 0.15) is 33.6 Å². The maximum Gasteiger partial charge on any atom is 0.261 e. The maximum absolute atomic E-state index is 12.4. The van der Waals surface area contributed by atoms with E-state index < -0.39 is 0 Å². The molecule has 0 spiro atoms. The highest BCUT2D eigenvalue weighted by Crippen LogP contribution is 2.29. The Labute approximate surface area is 164 Å². The van der Waals surface area contributed by atoms with E-state index in [0.717, 1.165) is 23.3 Å².